The number of methoxy groups -OCH3 is 1. The van der Waals surface area contributed by atoms with E-state index in [1.165, 1.54) is 30.4 Å². The molecule has 2 aromatic carbocycles. The molecule has 0 radical (unpaired) electrons. The van der Waals surface area contributed by atoms with Gasteiger partial charge in [0.05, 0.1) is 18.5 Å². The zero-order valence-electron chi connectivity index (χ0n) is 17.9. The zero-order valence-corrected chi connectivity index (χ0v) is 18.8. The van der Waals surface area contributed by atoms with Crippen molar-refractivity contribution in [1.29, 1.82) is 0 Å². The van der Waals surface area contributed by atoms with Gasteiger partial charge in [-0.3, -0.25) is 9.59 Å². The molecule has 1 amide bonds. The fourth-order valence-corrected chi connectivity index (χ4v) is 4.68. The van der Waals surface area contributed by atoms with Crippen molar-refractivity contribution in [3.63, 3.8) is 0 Å². The number of carbonyl (C=O) groups is 2. The molecule has 7 heteroatoms. The summed E-state index contributed by atoms with van der Waals surface area (Å²) in [5, 5.41) is 2.92. The minimum absolute atomic E-state index is 0.0234. The lowest BCUT2D eigenvalue weighted by Gasteiger charge is -2.13. The maximum absolute atomic E-state index is 14.2. The lowest BCUT2D eigenvalue weighted by atomic mass is 10.0. The van der Waals surface area contributed by atoms with Gasteiger partial charge < -0.3 is 14.8 Å². The van der Waals surface area contributed by atoms with Crippen molar-refractivity contribution in [3.8, 4) is 21.9 Å². The number of Topliss-reactive ketones (excluding diaryl/α,β-unsaturated/α-hetero) is 1. The van der Waals surface area contributed by atoms with Gasteiger partial charge in [-0.2, -0.15) is 0 Å². The summed E-state index contributed by atoms with van der Waals surface area (Å²) in [6.45, 7) is 1.85. The Bertz CT molecular complexity index is 1160. The van der Waals surface area contributed by atoms with Crippen LogP contribution in [0, 0.1) is 5.82 Å². The van der Waals surface area contributed by atoms with E-state index in [0.29, 0.717) is 42.0 Å². The standard InChI is InChI=1S/C25H24FNO4S/c1-15(28)22-7-8-23(32-22)21-13-18(26)11-17-12-20(31-25(17)21)14-27-24(29)9-6-16-4-3-5-19(10-16)30-2/h3-5,7-8,10-11,13,20H,6,9,12,14H2,1-2H3,(H,27,29)/t20-/m0/s1. The van der Waals surface area contributed by atoms with Gasteiger partial charge in [-0.1, -0.05) is 12.1 Å². The molecule has 166 valence electrons. The molecule has 0 saturated carbocycles. The topological polar surface area (TPSA) is 64.6 Å². The predicted molar refractivity (Wildman–Crippen MR) is 122 cm³/mol. The second kappa shape index (κ2) is 9.53. The van der Waals surface area contributed by atoms with Crippen LogP contribution in [0.5, 0.6) is 11.5 Å². The maximum atomic E-state index is 14.2. The summed E-state index contributed by atoms with van der Waals surface area (Å²) in [5.74, 6) is 0.958. The molecule has 0 unspecified atom stereocenters. The van der Waals surface area contributed by atoms with Crippen LogP contribution >= 0.6 is 11.3 Å². The number of aryl methyl sites for hydroxylation is 1. The minimum atomic E-state index is -0.344. The monoisotopic (exact) mass is 453 g/mol. The van der Waals surface area contributed by atoms with Crippen LogP contribution in [0.15, 0.2) is 48.5 Å². The van der Waals surface area contributed by atoms with Crippen LogP contribution < -0.4 is 14.8 Å². The van der Waals surface area contributed by atoms with Gasteiger partial charge in [-0.15, -0.1) is 11.3 Å². The summed E-state index contributed by atoms with van der Waals surface area (Å²) < 4.78 is 25.5. The minimum Gasteiger partial charge on any atom is -0.497 e. The molecule has 5 nitrogen and oxygen atoms in total. The fraction of sp³-hybridized carbons (Fsp3) is 0.280. The van der Waals surface area contributed by atoms with E-state index in [2.05, 4.69) is 5.32 Å². The Morgan fingerprint density at radius 2 is 2.06 bits per heavy atom. The lowest BCUT2D eigenvalue weighted by Crippen LogP contribution is -2.34. The number of carbonyl (C=O) groups excluding carboxylic acids is 2. The van der Waals surface area contributed by atoms with Crippen LogP contribution in [0.25, 0.3) is 10.4 Å². The Morgan fingerprint density at radius 1 is 1.22 bits per heavy atom. The van der Waals surface area contributed by atoms with E-state index in [4.69, 9.17) is 9.47 Å². The fourth-order valence-electron chi connectivity index (χ4n) is 3.77. The number of nitrogens with one attached hydrogen (secondary N) is 1. The first-order valence-electron chi connectivity index (χ1n) is 10.4. The van der Waals surface area contributed by atoms with Gasteiger partial charge in [0.15, 0.2) is 5.78 Å². The number of fused-ring (bicyclic) bond motifs is 1. The van der Waals surface area contributed by atoms with Gasteiger partial charge >= 0.3 is 0 Å². The molecule has 1 aromatic heterocycles. The Labute approximate surface area is 190 Å². The first-order valence-corrected chi connectivity index (χ1v) is 11.2. The van der Waals surface area contributed by atoms with Crippen LogP contribution in [-0.2, 0) is 17.6 Å². The number of hydrogen-bond acceptors (Lipinski definition) is 5. The summed E-state index contributed by atoms with van der Waals surface area (Å²) >= 11 is 1.32. The summed E-state index contributed by atoms with van der Waals surface area (Å²) in [4.78, 5) is 25.4. The Hall–Kier alpha value is -3.19. The second-order valence-electron chi connectivity index (χ2n) is 7.76. The molecule has 4 rings (SSSR count). The number of ketones is 1. The second-order valence-corrected chi connectivity index (χ2v) is 8.85. The SMILES string of the molecule is COc1cccc(CCC(=O)NC[C@@H]2Cc3cc(F)cc(-c4ccc(C(C)=O)s4)c3O2)c1. The number of rotatable bonds is 8. The van der Waals surface area contributed by atoms with Gasteiger partial charge in [-0.25, -0.2) is 4.39 Å². The largest absolute Gasteiger partial charge is 0.497 e. The quantitative estimate of drug-likeness (QED) is 0.497. The number of ether oxygens (including phenoxy) is 2. The van der Waals surface area contributed by atoms with Crippen LogP contribution in [0.1, 0.15) is 34.1 Å². The van der Waals surface area contributed by atoms with Crippen molar-refractivity contribution in [2.24, 2.45) is 0 Å². The van der Waals surface area contributed by atoms with Crippen molar-refractivity contribution >= 4 is 23.0 Å². The number of thiophene rings is 1. The highest BCUT2D eigenvalue weighted by molar-refractivity contribution is 7.17. The Balaban J connectivity index is 1.36. The van der Waals surface area contributed by atoms with Gasteiger partial charge in [-0.05, 0) is 55.3 Å². The molecule has 3 aromatic rings. The third kappa shape index (κ3) is 4.99. The smallest absolute Gasteiger partial charge is 0.220 e. The van der Waals surface area contributed by atoms with E-state index < -0.39 is 0 Å². The molecular formula is C25H24FNO4S. The van der Waals surface area contributed by atoms with Crippen LogP contribution in [0.3, 0.4) is 0 Å². The van der Waals surface area contributed by atoms with E-state index >= 15 is 0 Å². The highest BCUT2D eigenvalue weighted by atomic mass is 32.1. The highest BCUT2D eigenvalue weighted by Gasteiger charge is 2.28. The van der Waals surface area contributed by atoms with Crippen molar-refractivity contribution in [2.75, 3.05) is 13.7 Å². The van der Waals surface area contributed by atoms with E-state index in [-0.39, 0.29) is 23.6 Å². The van der Waals surface area contributed by atoms with E-state index in [0.717, 1.165) is 21.8 Å². The normalized spacial score (nSPS) is 14.5. The Kier molecular flexibility index (Phi) is 6.55. The molecule has 32 heavy (non-hydrogen) atoms. The van der Waals surface area contributed by atoms with E-state index in [1.807, 2.05) is 30.3 Å². The molecule has 1 aliphatic rings. The molecule has 2 heterocycles. The van der Waals surface area contributed by atoms with Gasteiger partial charge in [0, 0.05) is 28.8 Å². The third-order valence-electron chi connectivity index (χ3n) is 5.38. The average molecular weight is 454 g/mol. The maximum Gasteiger partial charge on any atom is 0.220 e. The van der Waals surface area contributed by atoms with Crippen molar-refractivity contribution in [3.05, 3.63) is 70.4 Å². The first-order chi connectivity index (χ1) is 15.4. The van der Waals surface area contributed by atoms with Crippen LogP contribution in [-0.4, -0.2) is 31.4 Å². The average Bonchev–Trinajstić information content (AvgIpc) is 3.43. The predicted octanol–water partition coefficient (Wildman–Crippen LogP) is 4.82. The van der Waals surface area contributed by atoms with Crippen molar-refractivity contribution in [1.82, 2.24) is 5.32 Å². The molecule has 0 fully saturated rings. The van der Waals surface area contributed by atoms with Gasteiger partial charge in [0.2, 0.25) is 5.91 Å². The van der Waals surface area contributed by atoms with Crippen molar-refractivity contribution < 1.29 is 23.5 Å². The lowest BCUT2D eigenvalue weighted by molar-refractivity contribution is -0.121. The van der Waals surface area contributed by atoms with E-state index in [9.17, 15) is 14.0 Å². The summed E-state index contributed by atoms with van der Waals surface area (Å²) in [5.41, 5.74) is 2.45. The molecule has 0 spiro atoms. The molecule has 1 aliphatic heterocycles. The molecule has 0 saturated heterocycles. The summed E-state index contributed by atoms with van der Waals surface area (Å²) in [6, 6.07) is 14.1. The number of halogens is 1. The van der Waals surface area contributed by atoms with Gasteiger partial charge in [0.25, 0.3) is 0 Å². The molecule has 1 atom stereocenters. The molecular weight excluding hydrogens is 429 g/mol. The molecule has 0 bridgehead atoms. The zero-order chi connectivity index (χ0) is 22.7. The Morgan fingerprint density at radius 3 is 2.81 bits per heavy atom. The highest BCUT2D eigenvalue weighted by Crippen LogP contribution is 2.42. The first kappa shape index (κ1) is 22.0. The number of hydrogen-bond donors (Lipinski definition) is 1. The summed E-state index contributed by atoms with van der Waals surface area (Å²) in [7, 11) is 1.61. The summed E-state index contributed by atoms with van der Waals surface area (Å²) in [6.07, 6.45) is 1.22. The third-order valence-corrected chi connectivity index (χ3v) is 6.60. The number of benzene rings is 2. The number of amides is 1. The van der Waals surface area contributed by atoms with E-state index in [1.54, 1.807) is 13.2 Å². The molecule has 1 N–H and O–H groups in total. The van der Waals surface area contributed by atoms with Crippen LogP contribution in [0.2, 0.25) is 0 Å². The van der Waals surface area contributed by atoms with Gasteiger partial charge in [0.1, 0.15) is 23.4 Å². The van der Waals surface area contributed by atoms with Crippen molar-refractivity contribution in [2.45, 2.75) is 32.3 Å². The molecule has 0 aliphatic carbocycles. The van der Waals surface area contributed by atoms with Crippen LogP contribution in [0.4, 0.5) is 4.39 Å².